The molecule has 0 saturated carbocycles. The molecule has 1 aliphatic rings. The van der Waals surface area contributed by atoms with E-state index in [0.717, 1.165) is 19.3 Å². The summed E-state index contributed by atoms with van der Waals surface area (Å²) in [5.41, 5.74) is 0. The van der Waals surface area contributed by atoms with Gasteiger partial charge in [0.2, 0.25) is 0 Å². The first-order valence-corrected chi connectivity index (χ1v) is 6.45. The van der Waals surface area contributed by atoms with E-state index in [2.05, 4.69) is 5.32 Å². The minimum Gasteiger partial charge on any atom is -0.310 e. The lowest BCUT2D eigenvalue weighted by atomic mass is 9.92. The third-order valence-corrected chi connectivity index (χ3v) is 3.31. The SMILES string of the molecule is CCC(=O)C[C@@H]1CCC[C@@H](CC(=O)CC)N1. The maximum atomic E-state index is 11.4. The summed E-state index contributed by atoms with van der Waals surface area (Å²) in [5.74, 6) is 0.639. The average molecular weight is 225 g/mol. The van der Waals surface area contributed by atoms with E-state index in [1.165, 1.54) is 0 Å². The normalized spacial score (nSPS) is 25.4. The summed E-state index contributed by atoms with van der Waals surface area (Å²) in [5, 5.41) is 3.44. The van der Waals surface area contributed by atoms with Crippen molar-refractivity contribution in [3.05, 3.63) is 0 Å². The summed E-state index contributed by atoms with van der Waals surface area (Å²) in [6, 6.07) is 0.603. The Kier molecular flexibility index (Phi) is 5.67. The molecule has 0 aromatic heterocycles. The van der Waals surface area contributed by atoms with Crippen LogP contribution < -0.4 is 5.32 Å². The molecule has 1 rings (SSSR count). The zero-order chi connectivity index (χ0) is 12.0. The minimum absolute atomic E-state index is 0.302. The second-order valence-electron chi connectivity index (χ2n) is 4.68. The Labute approximate surface area is 98.0 Å². The van der Waals surface area contributed by atoms with Gasteiger partial charge in [-0.15, -0.1) is 0 Å². The predicted molar refractivity (Wildman–Crippen MR) is 64.4 cm³/mol. The zero-order valence-electron chi connectivity index (χ0n) is 10.4. The summed E-state index contributed by atoms with van der Waals surface area (Å²) in [6.07, 6.45) is 5.79. The highest BCUT2D eigenvalue weighted by Crippen LogP contribution is 2.18. The second kappa shape index (κ2) is 6.79. The smallest absolute Gasteiger partial charge is 0.134 e. The first kappa shape index (κ1) is 13.4. The number of carbonyl (C=O) groups excluding carboxylic acids is 2. The summed E-state index contributed by atoms with van der Waals surface area (Å²) in [7, 11) is 0. The van der Waals surface area contributed by atoms with E-state index in [-0.39, 0.29) is 0 Å². The number of rotatable bonds is 6. The van der Waals surface area contributed by atoms with Crippen LogP contribution in [0.5, 0.6) is 0 Å². The van der Waals surface area contributed by atoms with Crippen LogP contribution in [0.25, 0.3) is 0 Å². The number of ketones is 2. The van der Waals surface area contributed by atoms with Crippen LogP contribution in [0.2, 0.25) is 0 Å². The maximum Gasteiger partial charge on any atom is 0.134 e. The summed E-state index contributed by atoms with van der Waals surface area (Å²) in [4.78, 5) is 22.7. The zero-order valence-corrected chi connectivity index (χ0v) is 10.4. The van der Waals surface area contributed by atoms with E-state index in [4.69, 9.17) is 0 Å². The van der Waals surface area contributed by atoms with E-state index in [1.807, 2.05) is 13.8 Å². The van der Waals surface area contributed by atoms with Crippen molar-refractivity contribution in [3.63, 3.8) is 0 Å². The molecule has 1 saturated heterocycles. The lowest BCUT2D eigenvalue weighted by Crippen LogP contribution is -2.44. The molecule has 0 bridgehead atoms. The van der Waals surface area contributed by atoms with Crippen molar-refractivity contribution in [2.75, 3.05) is 0 Å². The third-order valence-electron chi connectivity index (χ3n) is 3.31. The molecule has 0 aromatic rings. The molecule has 1 aliphatic heterocycles. The molecule has 92 valence electrons. The first-order chi connectivity index (χ1) is 7.65. The molecule has 3 nitrogen and oxygen atoms in total. The fourth-order valence-electron chi connectivity index (χ4n) is 2.27. The molecular weight excluding hydrogens is 202 g/mol. The van der Waals surface area contributed by atoms with Gasteiger partial charge < -0.3 is 5.32 Å². The minimum atomic E-state index is 0.302. The fraction of sp³-hybridized carbons (Fsp3) is 0.846. The number of nitrogens with one attached hydrogen (secondary N) is 1. The van der Waals surface area contributed by atoms with Crippen LogP contribution in [0.4, 0.5) is 0 Å². The molecule has 2 atom stereocenters. The van der Waals surface area contributed by atoms with E-state index in [9.17, 15) is 9.59 Å². The lowest BCUT2D eigenvalue weighted by molar-refractivity contribution is -0.119. The Bertz CT molecular complexity index is 226. The molecule has 16 heavy (non-hydrogen) atoms. The van der Waals surface area contributed by atoms with E-state index >= 15 is 0 Å². The van der Waals surface area contributed by atoms with Crippen LogP contribution in [0.15, 0.2) is 0 Å². The molecule has 0 amide bonds. The Morgan fingerprint density at radius 1 is 1.00 bits per heavy atom. The molecule has 1 heterocycles. The predicted octanol–water partition coefficient (Wildman–Crippen LogP) is 2.24. The van der Waals surface area contributed by atoms with Gasteiger partial charge in [0, 0.05) is 37.8 Å². The van der Waals surface area contributed by atoms with Crippen molar-refractivity contribution in [1.29, 1.82) is 0 Å². The molecule has 0 spiro atoms. The van der Waals surface area contributed by atoms with Crippen molar-refractivity contribution in [2.45, 2.75) is 70.9 Å². The number of hydrogen-bond acceptors (Lipinski definition) is 3. The number of piperidine rings is 1. The van der Waals surface area contributed by atoms with E-state index in [1.54, 1.807) is 0 Å². The summed E-state index contributed by atoms with van der Waals surface area (Å²) >= 11 is 0. The van der Waals surface area contributed by atoms with Crippen molar-refractivity contribution >= 4 is 11.6 Å². The highest BCUT2D eigenvalue weighted by atomic mass is 16.1. The number of hydrogen-bond donors (Lipinski definition) is 1. The van der Waals surface area contributed by atoms with Gasteiger partial charge in [-0.3, -0.25) is 9.59 Å². The van der Waals surface area contributed by atoms with Gasteiger partial charge in [-0.2, -0.15) is 0 Å². The van der Waals surface area contributed by atoms with Gasteiger partial charge in [0.1, 0.15) is 11.6 Å². The maximum absolute atomic E-state index is 11.4. The summed E-state index contributed by atoms with van der Waals surface area (Å²) < 4.78 is 0. The van der Waals surface area contributed by atoms with E-state index in [0.29, 0.717) is 49.3 Å². The second-order valence-corrected chi connectivity index (χ2v) is 4.68. The van der Waals surface area contributed by atoms with Gasteiger partial charge in [-0.1, -0.05) is 20.3 Å². The Hall–Kier alpha value is -0.700. The van der Waals surface area contributed by atoms with Gasteiger partial charge in [0.25, 0.3) is 0 Å². The lowest BCUT2D eigenvalue weighted by Gasteiger charge is -2.30. The van der Waals surface area contributed by atoms with Gasteiger partial charge in [-0.05, 0) is 12.8 Å². The molecule has 0 aromatic carbocycles. The number of Topliss-reactive ketones (excluding diaryl/α,β-unsaturated/α-hetero) is 2. The molecular formula is C13H23NO2. The van der Waals surface area contributed by atoms with Gasteiger partial charge in [-0.25, -0.2) is 0 Å². The van der Waals surface area contributed by atoms with Crippen LogP contribution in [0.3, 0.4) is 0 Å². The average Bonchev–Trinajstić information content (AvgIpc) is 2.29. The van der Waals surface area contributed by atoms with Gasteiger partial charge >= 0.3 is 0 Å². The highest BCUT2D eigenvalue weighted by molar-refractivity contribution is 5.79. The van der Waals surface area contributed by atoms with Crippen molar-refractivity contribution in [1.82, 2.24) is 5.32 Å². The fourth-order valence-corrected chi connectivity index (χ4v) is 2.27. The van der Waals surface area contributed by atoms with Crippen LogP contribution in [-0.2, 0) is 9.59 Å². The van der Waals surface area contributed by atoms with Gasteiger partial charge in [0.05, 0.1) is 0 Å². The molecule has 1 fully saturated rings. The van der Waals surface area contributed by atoms with Crippen molar-refractivity contribution < 1.29 is 9.59 Å². The van der Waals surface area contributed by atoms with Crippen LogP contribution in [0, 0.1) is 0 Å². The Morgan fingerprint density at radius 2 is 1.44 bits per heavy atom. The van der Waals surface area contributed by atoms with Crippen LogP contribution in [-0.4, -0.2) is 23.7 Å². The number of carbonyl (C=O) groups is 2. The third kappa shape index (κ3) is 4.44. The molecule has 0 aliphatic carbocycles. The standard InChI is InChI=1S/C13H23NO2/c1-3-12(15)8-10-6-5-7-11(14-10)9-13(16)4-2/h10-11,14H,3-9H2,1-2H3/t10-,11-/m0/s1. The van der Waals surface area contributed by atoms with Crippen molar-refractivity contribution in [3.8, 4) is 0 Å². The topological polar surface area (TPSA) is 46.2 Å². The van der Waals surface area contributed by atoms with Crippen LogP contribution >= 0.6 is 0 Å². The van der Waals surface area contributed by atoms with Crippen molar-refractivity contribution in [2.24, 2.45) is 0 Å². The van der Waals surface area contributed by atoms with Crippen LogP contribution in [0.1, 0.15) is 58.8 Å². The largest absolute Gasteiger partial charge is 0.310 e. The molecule has 3 heteroatoms. The Morgan fingerprint density at radius 3 is 1.81 bits per heavy atom. The highest BCUT2D eigenvalue weighted by Gasteiger charge is 2.23. The van der Waals surface area contributed by atoms with E-state index < -0.39 is 0 Å². The van der Waals surface area contributed by atoms with Gasteiger partial charge in [0.15, 0.2) is 0 Å². The Balaban J connectivity index is 2.35. The molecule has 1 N–H and O–H groups in total. The quantitative estimate of drug-likeness (QED) is 0.754. The molecule has 0 radical (unpaired) electrons. The molecule has 0 unspecified atom stereocenters. The monoisotopic (exact) mass is 225 g/mol. The summed E-state index contributed by atoms with van der Waals surface area (Å²) in [6.45, 7) is 3.81. The first-order valence-electron chi connectivity index (χ1n) is 6.45.